The number of aliphatic hydroxyl groups is 1. The van der Waals surface area contributed by atoms with Gasteiger partial charge in [-0.15, -0.1) is 0 Å². The zero-order valence-corrected chi connectivity index (χ0v) is 9.74. The average molecular weight is 241 g/mol. The van der Waals surface area contributed by atoms with Gasteiger partial charge in [0, 0.05) is 31.3 Å². The van der Waals surface area contributed by atoms with Crippen LogP contribution in [-0.4, -0.2) is 45.6 Å². The fourth-order valence-electron chi connectivity index (χ4n) is 1.02. The van der Waals surface area contributed by atoms with Crippen molar-refractivity contribution in [1.29, 1.82) is 0 Å². The number of amides is 1. The number of thioether (sulfide) groups is 1. The Morgan fingerprint density at radius 2 is 2.12 bits per heavy atom. The molecule has 0 atom stereocenters. The molecule has 1 aromatic heterocycles. The van der Waals surface area contributed by atoms with Crippen molar-refractivity contribution in [3.63, 3.8) is 0 Å². The van der Waals surface area contributed by atoms with E-state index in [2.05, 4.69) is 15.3 Å². The lowest BCUT2D eigenvalue weighted by atomic mass is 10.3. The van der Waals surface area contributed by atoms with Crippen LogP contribution in [0.25, 0.3) is 0 Å². The van der Waals surface area contributed by atoms with E-state index in [1.807, 2.05) is 0 Å². The second-order valence-corrected chi connectivity index (χ2v) is 4.30. The van der Waals surface area contributed by atoms with Crippen molar-refractivity contribution in [2.24, 2.45) is 0 Å². The molecule has 0 saturated heterocycles. The second kappa shape index (κ2) is 8.06. The van der Waals surface area contributed by atoms with Crippen LogP contribution < -0.4 is 5.32 Å². The van der Waals surface area contributed by atoms with Crippen molar-refractivity contribution in [2.45, 2.75) is 6.42 Å². The van der Waals surface area contributed by atoms with E-state index in [0.29, 0.717) is 12.1 Å². The van der Waals surface area contributed by atoms with Crippen molar-refractivity contribution in [3.8, 4) is 0 Å². The van der Waals surface area contributed by atoms with Gasteiger partial charge in [-0.25, -0.2) is 9.97 Å². The monoisotopic (exact) mass is 241 g/mol. The average Bonchev–Trinajstić information content (AvgIpc) is 2.34. The number of carbonyl (C=O) groups is 1. The molecule has 0 bridgehead atoms. The van der Waals surface area contributed by atoms with E-state index >= 15 is 0 Å². The van der Waals surface area contributed by atoms with Crippen LogP contribution in [0.4, 0.5) is 0 Å². The number of rotatable bonds is 7. The number of aliphatic hydroxyl groups excluding tert-OH is 1. The predicted molar refractivity (Wildman–Crippen MR) is 63.4 cm³/mol. The van der Waals surface area contributed by atoms with Crippen molar-refractivity contribution in [2.75, 3.05) is 24.7 Å². The highest BCUT2D eigenvalue weighted by Crippen LogP contribution is 2.00. The summed E-state index contributed by atoms with van der Waals surface area (Å²) in [5.41, 5.74) is 0.475. The summed E-state index contributed by atoms with van der Waals surface area (Å²) in [4.78, 5) is 19.0. The van der Waals surface area contributed by atoms with E-state index in [1.165, 1.54) is 18.7 Å². The minimum absolute atomic E-state index is 0.150. The standard InChI is InChI=1S/C10H15N3O2S/c14-3-1-4-16-5-2-13-10(15)9-6-11-8-12-7-9/h6-8,14H,1-5H2,(H,13,15). The highest BCUT2D eigenvalue weighted by molar-refractivity contribution is 7.99. The number of nitrogens with one attached hydrogen (secondary N) is 1. The molecule has 16 heavy (non-hydrogen) atoms. The smallest absolute Gasteiger partial charge is 0.254 e. The molecule has 2 N–H and O–H groups in total. The van der Waals surface area contributed by atoms with Gasteiger partial charge >= 0.3 is 0 Å². The molecule has 0 aliphatic heterocycles. The van der Waals surface area contributed by atoms with Gasteiger partial charge < -0.3 is 10.4 Å². The van der Waals surface area contributed by atoms with Crippen LogP contribution in [0.1, 0.15) is 16.8 Å². The number of nitrogens with zero attached hydrogens (tertiary/aromatic N) is 2. The van der Waals surface area contributed by atoms with Crippen molar-refractivity contribution in [1.82, 2.24) is 15.3 Å². The van der Waals surface area contributed by atoms with Crippen LogP contribution in [0.15, 0.2) is 18.7 Å². The van der Waals surface area contributed by atoms with Gasteiger partial charge in [-0.1, -0.05) is 0 Å². The fourth-order valence-corrected chi connectivity index (χ4v) is 1.81. The Bertz CT molecular complexity index is 308. The van der Waals surface area contributed by atoms with Gasteiger partial charge in [0.1, 0.15) is 6.33 Å². The van der Waals surface area contributed by atoms with Gasteiger partial charge in [-0.3, -0.25) is 4.79 Å². The normalized spacial score (nSPS) is 10.1. The largest absolute Gasteiger partial charge is 0.396 e. The summed E-state index contributed by atoms with van der Waals surface area (Å²) in [6, 6.07) is 0. The molecule has 1 amide bonds. The molecule has 1 aromatic rings. The molecule has 6 heteroatoms. The molecule has 1 heterocycles. The SMILES string of the molecule is O=C(NCCSCCCO)c1cncnc1. The maximum atomic E-state index is 11.5. The van der Waals surface area contributed by atoms with Crippen molar-refractivity contribution in [3.05, 3.63) is 24.3 Å². The van der Waals surface area contributed by atoms with Gasteiger partial charge in [0.05, 0.1) is 5.56 Å². The molecule has 0 aliphatic rings. The van der Waals surface area contributed by atoms with Gasteiger partial charge in [-0.05, 0) is 12.2 Å². The summed E-state index contributed by atoms with van der Waals surface area (Å²) in [6.07, 6.45) is 5.16. The molecule has 1 rings (SSSR count). The van der Waals surface area contributed by atoms with Crippen LogP contribution in [0.3, 0.4) is 0 Å². The Morgan fingerprint density at radius 3 is 2.81 bits per heavy atom. The Balaban J connectivity index is 2.12. The number of aromatic nitrogens is 2. The molecule has 0 radical (unpaired) electrons. The van der Waals surface area contributed by atoms with E-state index in [9.17, 15) is 4.79 Å². The number of carbonyl (C=O) groups excluding carboxylic acids is 1. The lowest BCUT2D eigenvalue weighted by Gasteiger charge is -2.03. The van der Waals surface area contributed by atoms with E-state index in [0.717, 1.165) is 17.9 Å². The summed E-state index contributed by atoms with van der Waals surface area (Å²) in [6.45, 7) is 0.838. The topological polar surface area (TPSA) is 75.1 Å². The summed E-state index contributed by atoms with van der Waals surface area (Å²) < 4.78 is 0. The molecule has 5 nitrogen and oxygen atoms in total. The molecule has 0 aliphatic carbocycles. The van der Waals surface area contributed by atoms with E-state index in [-0.39, 0.29) is 12.5 Å². The first-order valence-corrected chi connectivity index (χ1v) is 6.22. The summed E-state index contributed by atoms with van der Waals surface area (Å²) in [5.74, 6) is 1.61. The van der Waals surface area contributed by atoms with Gasteiger partial charge in [-0.2, -0.15) is 11.8 Å². The number of hydrogen-bond acceptors (Lipinski definition) is 5. The highest BCUT2D eigenvalue weighted by Gasteiger charge is 2.03. The fraction of sp³-hybridized carbons (Fsp3) is 0.500. The zero-order valence-electron chi connectivity index (χ0n) is 8.93. The zero-order chi connectivity index (χ0) is 11.6. The lowest BCUT2D eigenvalue weighted by molar-refractivity contribution is 0.0955. The Hall–Kier alpha value is -1.14. The third-order valence-electron chi connectivity index (χ3n) is 1.80. The number of hydrogen-bond donors (Lipinski definition) is 2. The van der Waals surface area contributed by atoms with Crippen molar-refractivity contribution >= 4 is 17.7 Å². The minimum atomic E-state index is -0.150. The summed E-state index contributed by atoms with van der Waals surface area (Å²) in [7, 11) is 0. The molecule has 0 spiro atoms. The van der Waals surface area contributed by atoms with Crippen LogP contribution >= 0.6 is 11.8 Å². The Morgan fingerprint density at radius 1 is 1.38 bits per heavy atom. The highest BCUT2D eigenvalue weighted by atomic mass is 32.2. The van der Waals surface area contributed by atoms with E-state index in [1.54, 1.807) is 11.8 Å². The van der Waals surface area contributed by atoms with E-state index < -0.39 is 0 Å². The molecule has 0 fully saturated rings. The van der Waals surface area contributed by atoms with Crippen LogP contribution in [-0.2, 0) is 0 Å². The predicted octanol–water partition coefficient (Wildman–Crippen LogP) is 0.322. The third kappa shape index (κ3) is 5.09. The second-order valence-electron chi connectivity index (χ2n) is 3.07. The van der Waals surface area contributed by atoms with Crippen LogP contribution in [0.2, 0.25) is 0 Å². The molecule has 0 unspecified atom stereocenters. The Labute approximate surface area is 98.7 Å². The first-order chi connectivity index (χ1) is 7.84. The van der Waals surface area contributed by atoms with Crippen LogP contribution in [0.5, 0.6) is 0 Å². The van der Waals surface area contributed by atoms with Gasteiger partial charge in [0.15, 0.2) is 0 Å². The molecule has 0 saturated carbocycles. The quantitative estimate of drug-likeness (QED) is 0.673. The summed E-state index contributed by atoms with van der Waals surface area (Å²) in [5, 5.41) is 11.3. The first kappa shape index (κ1) is 12.9. The van der Waals surface area contributed by atoms with Gasteiger partial charge in [0.25, 0.3) is 5.91 Å². The maximum Gasteiger partial charge on any atom is 0.254 e. The molecular weight excluding hydrogens is 226 g/mol. The first-order valence-electron chi connectivity index (χ1n) is 5.06. The van der Waals surface area contributed by atoms with Crippen molar-refractivity contribution < 1.29 is 9.90 Å². The third-order valence-corrected chi connectivity index (χ3v) is 2.87. The summed E-state index contributed by atoms with van der Waals surface area (Å²) >= 11 is 1.71. The maximum absolute atomic E-state index is 11.5. The molecule has 0 aromatic carbocycles. The lowest BCUT2D eigenvalue weighted by Crippen LogP contribution is -2.26. The van der Waals surface area contributed by atoms with Crippen LogP contribution in [0, 0.1) is 0 Å². The van der Waals surface area contributed by atoms with E-state index in [4.69, 9.17) is 5.11 Å². The Kier molecular flexibility index (Phi) is 6.52. The molecular formula is C10H15N3O2S. The molecule has 88 valence electrons. The van der Waals surface area contributed by atoms with Gasteiger partial charge in [0.2, 0.25) is 0 Å². The minimum Gasteiger partial charge on any atom is -0.396 e.